The molecular formula is C30H27ClFN5O3. The predicted octanol–water partition coefficient (Wildman–Crippen LogP) is 6.86. The van der Waals surface area contributed by atoms with Crippen LogP contribution in [0.3, 0.4) is 0 Å². The number of hydrogen-bond acceptors (Lipinski definition) is 6. The summed E-state index contributed by atoms with van der Waals surface area (Å²) in [7, 11) is 0. The number of aromatic carboxylic acids is 1. The molecule has 1 atom stereocenters. The molecule has 0 saturated heterocycles. The summed E-state index contributed by atoms with van der Waals surface area (Å²) < 4.78 is 21.6. The van der Waals surface area contributed by atoms with Crippen molar-refractivity contribution in [3.63, 3.8) is 0 Å². The Bertz CT molecular complexity index is 1720. The number of nitrogen functional groups attached to an aromatic ring is 1. The van der Waals surface area contributed by atoms with Crippen LogP contribution in [-0.4, -0.2) is 32.6 Å². The summed E-state index contributed by atoms with van der Waals surface area (Å²) >= 11 is 6.05. The summed E-state index contributed by atoms with van der Waals surface area (Å²) in [5.41, 5.74) is 8.81. The molecule has 0 spiro atoms. The first-order valence-corrected chi connectivity index (χ1v) is 13.1. The lowest BCUT2D eigenvalue weighted by molar-refractivity contribution is 0.0697. The van der Waals surface area contributed by atoms with Crippen LogP contribution in [0.5, 0.6) is 5.75 Å². The second kappa shape index (κ2) is 11.2. The molecule has 5 aromatic rings. The Hall–Kier alpha value is -4.63. The van der Waals surface area contributed by atoms with Gasteiger partial charge in [0.15, 0.2) is 11.6 Å². The van der Waals surface area contributed by atoms with E-state index >= 15 is 4.39 Å². The molecule has 0 amide bonds. The van der Waals surface area contributed by atoms with Gasteiger partial charge in [-0.3, -0.25) is 0 Å². The number of benzene rings is 3. The molecule has 5 N–H and O–H groups in total. The maximum absolute atomic E-state index is 15.9. The fourth-order valence-electron chi connectivity index (χ4n) is 4.65. The molecule has 0 saturated carbocycles. The highest BCUT2D eigenvalue weighted by Crippen LogP contribution is 2.35. The van der Waals surface area contributed by atoms with Crippen LogP contribution in [0.25, 0.3) is 22.0 Å². The van der Waals surface area contributed by atoms with Gasteiger partial charge in [-0.15, -0.1) is 0 Å². The van der Waals surface area contributed by atoms with Gasteiger partial charge >= 0.3 is 5.97 Å². The van der Waals surface area contributed by atoms with E-state index in [4.69, 9.17) is 22.1 Å². The largest absolute Gasteiger partial charge is 0.491 e. The van der Waals surface area contributed by atoms with E-state index in [-0.39, 0.29) is 11.3 Å². The van der Waals surface area contributed by atoms with Gasteiger partial charge in [0.1, 0.15) is 17.7 Å². The van der Waals surface area contributed by atoms with Gasteiger partial charge in [0, 0.05) is 33.4 Å². The highest BCUT2D eigenvalue weighted by molar-refractivity contribution is 6.31. The SMILES string of the molecule is CCOc1cc(CC)cc(C(Nc2ccc3c(N)nccc3c2)c2ncc(-c3ccc(Cl)cc3C(=O)O)[nH]2)c1F. The summed E-state index contributed by atoms with van der Waals surface area (Å²) in [6.07, 6.45) is 3.82. The number of carboxylic acids is 1. The van der Waals surface area contributed by atoms with Crippen LogP contribution in [0.1, 0.15) is 47.2 Å². The van der Waals surface area contributed by atoms with Crippen molar-refractivity contribution in [2.45, 2.75) is 26.3 Å². The molecule has 0 aliphatic heterocycles. The predicted molar refractivity (Wildman–Crippen MR) is 155 cm³/mol. The number of H-pyrrole nitrogens is 1. The average Bonchev–Trinajstić information content (AvgIpc) is 3.43. The van der Waals surface area contributed by atoms with Crippen molar-refractivity contribution < 1.29 is 19.0 Å². The Kier molecular flexibility index (Phi) is 7.57. The number of nitrogens with one attached hydrogen (secondary N) is 2. The molecule has 0 bridgehead atoms. The maximum Gasteiger partial charge on any atom is 0.336 e. The minimum atomic E-state index is -1.13. The van der Waals surface area contributed by atoms with Crippen molar-refractivity contribution in [3.05, 3.63) is 100 Å². The number of rotatable bonds is 9. The van der Waals surface area contributed by atoms with Gasteiger partial charge in [-0.25, -0.2) is 19.2 Å². The molecule has 2 heterocycles. The number of aromatic nitrogens is 3. The van der Waals surface area contributed by atoms with Gasteiger partial charge in [0.2, 0.25) is 0 Å². The molecule has 10 heteroatoms. The second-order valence-electron chi connectivity index (χ2n) is 9.17. The van der Waals surface area contributed by atoms with E-state index in [1.165, 1.54) is 12.3 Å². The zero-order valence-corrected chi connectivity index (χ0v) is 22.6. The van der Waals surface area contributed by atoms with Crippen molar-refractivity contribution in [2.75, 3.05) is 17.7 Å². The third-order valence-electron chi connectivity index (χ3n) is 6.62. The molecule has 0 radical (unpaired) electrons. The molecule has 1 unspecified atom stereocenters. The zero-order valence-electron chi connectivity index (χ0n) is 21.8. The highest BCUT2D eigenvalue weighted by atomic mass is 35.5. The first-order valence-electron chi connectivity index (χ1n) is 12.7. The van der Waals surface area contributed by atoms with Crippen molar-refractivity contribution in [1.29, 1.82) is 0 Å². The average molecular weight is 560 g/mol. The number of carboxylic acid groups (broad SMARTS) is 1. The van der Waals surface area contributed by atoms with Gasteiger partial charge in [-0.2, -0.15) is 0 Å². The van der Waals surface area contributed by atoms with Crippen LogP contribution in [0.4, 0.5) is 15.9 Å². The standard InChI is InChI=1S/C30H27ClFN5O3/c1-3-16-11-23(26(32)25(12-16)40-4-2)27(36-19-6-8-20-17(13-19)9-10-34-28(20)33)29-35-15-24(37-29)21-7-5-18(31)14-22(21)30(38)39/h5-15,27,36H,3-4H2,1-2H3,(H2,33,34)(H,35,37)(H,38,39). The maximum atomic E-state index is 15.9. The van der Waals surface area contributed by atoms with Crippen molar-refractivity contribution in [1.82, 2.24) is 15.0 Å². The Morgan fingerprint density at radius 2 is 1.98 bits per heavy atom. The third kappa shape index (κ3) is 5.28. The lowest BCUT2D eigenvalue weighted by Crippen LogP contribution is -2.17. The molecule has 204 valence electrons. The summed E-state index contributed by atoms with van der Waals surface area (Å²) in [5.74, 6) is -0.696. The van der Waals surface area contributed by atoms with E-state index in [0.29, 0.717) is 52.2 Å². The lowest BCUT2D eigenvalue weighted by Gasteiger charge is -2.22. The summed E-state index contributed by atoms with van der Waals surface area (Å²) in [5, 5.41) is 15.1. The number of imidazole rings is 1. The Morgan fingerprint density at radius 1 is 1.15 bits per heavy atom. The lowest BCUT2D eigenvalue weighted by atomic mass is 9.99. The summed E-state index contributed by atoms with van der Waals surface area (Å²) in [6, 6.07) is 14.7. The normalized spacial score (nSPS) is 11.9. The second-order valence-corrected chi connectivity index (χ2v) is 9.61. The highest BCUT2D eigenvalue weighted by Gasteiger charge is 2.26. The number of carbonyl (C=O) groups is 1. The molecule has 0 aliphatic carbocycles. The minimum absolute atomic E-state index is 0.0192. The van der Waals surface area contributed by atoms with E-state index < -0.39 is 17.8 Å². The topological polar surface area (TPSA) is 126 Å². The fourth-order valence-corrected chi connectivity index (χ4v) is 4.83. The Morgan fingerprint density at radius 3 is 2.73 bits per heavy atom. The quantitative estimate of drug-likeness (QED) is 0.155. The number of hydrogen-bond donors (Lipinski definition) is 4. The van der Waals surface area contributed by atoms with E-state index in [1.807, 2.05) is 31.2 Å². The number of halogens is 2. The van der Waals surface area contributed by atoms with Gasteiger partial charge < -0.3 is 25.9 Å². The summed E-state index contributed by atoms with van der Waals surface area (Å²) in [6.45, 7) is 4.09. The molecule has 0 aliphatic rings. The molecule has 2 aromatic heterocycles. The Balaban J connectivity index is 1.65. The Labute approximate surface area is 235 Å². The van der Waals surface area contributed by atoms with E-state index in [1.54, 1.807) is 37.4 Å². The molecule has 0 fully saturated rings. The van der Waals surface area contributed by atoms with E-state index in [0.717, 1.165) is 16.3 Å². The van der Waals surface area contributed by atoms with Gasteiger partial charge in [0.05, 0.1) is 24.1 Å². The van der Waals surface area contributed by atoms with Crippen LogP contribution in [-0.2, 0) is 6.42 Å². The smallest absolute Gasteiger partial charge is 0.336 e. The number of pyridine rings is 1. The number of ether oxygens (including phenoxy) is 1. The fraction of sp³-hybridized carbons (Fsp3) is 0.167. The van der Waals surface area contributed by atoms with E-state index in [2.05, 4.69) is 20.3 Å². The first kappa shape index (κ1) is 27.0. The number of fused-ring (bicyclic) bond motifs is 1. The molecule has 5 rings (SSSR count). The number of nitrogens with two attached hydrogens (primary N) is 1. The molecule has 3 aromatic carbocycles. The van der Waals surface area contributed by atoms with Gasteiger partial charge in [-0.1, -0.05) is 30.7 Å². The van der Waals surface area contributed by atoms with Crippen molar-refractivity contribution in [3.8, 4) is 17.0 Å². The van der Waals surface area contributed by atoms with Crippen LogP contribution < -0.4 is 15.8 Å². The van der Waals surface area contributed by atoms with Crippen LogP contribution in [0, 0.1) is 5.82 Å². The van der Waals surface area contributed by atoms with Crippen molar-refractivity contribution >= 4 is 39.8 Å². The van der Waals surface area contributed by atoms with Crippen LogP contribution >= 0.6 is 11.6 Å². The van der Waals surface area contributed by atoms with E-state index in [9.17, 15) is 9.90 Å². The number of aromatic amines is 1. The zero-order chi connectivity index (χ0) is 28.4. The number of nitrogens with zero attached hydrogens (tertiary/aromatic N) is 2. The molecule has 40 heavy (non-hydrogen) atoms. The molecule has 8 nitrogen and oxygen atoms in total. The first-order chi connectivity index (χ1) is 19.3. The summed E-state index contributed by atoms with van der Waals surface area (Å²) in [4.78, 5) is 23.8. The monoisotopic (exact) mass is 559 g/mol. The third-order valence-corrected chi connectivity index (χ3v) is 6.86. The van der Waals surface area contributed by atoms with Gasteiger partial charge in [-0.05, 0) is 66.8 Å². The van der Waals surface area contributed by atoms with Crippen LogP contribution in [0.15, 0.2) is 67.0 Å². The minimum Gasteiger partial charge on any atom is -0.491 e. The van der Waals surface area contributed by atoms with Gasteiger partial charge in [0.25, 0.3) is 0 Å². The number of aryl methyl sites for hydroxylation is 1. The van der Waals surface area contributed by atoms with Crippen molar-refractivity contribution in [2.24, 2.45) is 0 Å². The number of anilines is 2. The molecular weight excluding hydrogens is 533 g/mol. The van der Waals surface area contributed by atoms with Crippen LogP contribution in [0.2, 0.25) is 5.02 Å².